The standard InChI is InChI=1S/C16H22F3N3O3/c1-10(13(23)21-14(24)22-15(2,3)4)20-11-5-7-12(8-6-11)25-9-16(17,18)19/h5-8,10,20H,9H2,1-4H3,(H2,21,22,23,24)/t10-/m1/s1. The minimum atomic E-state index is -4.41. The molecule has 1 rings (SSSR count). The summed E-state index contributed by atoms with van der Waals surface area (Å²) in [4.78, 5) is 23.6. The van der Waals surface area contributed by atoms with Gasteiger partial charge in [0.1, 0.15) is 11.8 Å². The molecule has 25 heavy (non-hydrogen) atoms. The number of benzene rings is 1. The molecule has 3 N–H and O–H groups in total. The fourth-order valence-electron chi connectivity index (χ4n) is 1.72. The van der Waals surface area contributed by atoms with Crippen LogP contribution in [0.15, 0.2) is 24.3 Å². The molecule has 0 heterocycles. The van der Waals surface area contributed by atoms with Crippen LogP contribution in [0.2, 0.25) is 0 Å². The van der Waals surface area contributed by atoms with Crippen LogP contribution in [-0.2, 0) is 4.79 Å². The molecule has 9 heteroatoms. The number of hydrogen-bond acceptors (Lipinski definition) is 4. The van der Waals surface area contributed by atoms with Crippen molar-refractivity contribution in [1.29, 1.82) is 0 Å². The Labute approximate surface area is 144 Å². The average molecular weight is 361 g/mol. The number of ether oxygens (including phenoxy) is 1. The van der Waals surface area contributed by atoms with E-state index in [-0.39, 0.29) is 5.75 Å². The highest BCUT2D eigenvalue weighted by Gasteiger charge is 2.28. The molecule has 0 saturated carbocycles. The highest BCUT2D eigenvalue weighted by atomic mass is 19.4. The van der Waals surface area contributed by atoms with Crippen LogP contribution in [0.1, 0.15) is 27.7 Å². The van der Waals surface area contributed by atoms with Crippen molar-refractivity contribution >= 4 is 17.6 Å². The molecule has 0 spiro atoms. The van der Waals surface area contributed by atoms with Crippen LogP contribution in [0.4, 0.5) is 23.7 Å². The second kappa shape index (κ2) is 8.09. The molecule has 0 saturated heterocycles. The Balaban J connectivity index is 2.52. The van der Waals surface area contributed by atoms with E-state index in [4.69, 9.17) is 0 Å². The molecule has 6 nitrogen and oxygen atoms in total. The first-order valence-corrected chi connectivity index (χ1v) is 7.55. The molecule has 0 radical (unpaired) electrons. The van der Waals surface area contributed by atoms with E-state index < -0.39 is 36.3 Å². The number of hydrogen-bond donors (Lipinski definition) is 3. The van der Waals surface area contributed by atoms with Crippen LogP contribution < -0.4 is 20.7 Å². The van der Waals surface area contributed by atoms with Crippen LogP contribution in [0.5, 0.6) is 5.75 Å². The SMILES string of the molecule is C[C@@H](Nc1ccc(OCC(F)(F)F)cc1)C(=O)NC(=O)NC(C)(C)C. The van der Waals surface area contributed by atoms with E-state index in [0.29, 0.717) is 5.69 Å². The van der Waals surface area contributed by atoms with Gasteiger partial charge in [0, 0.05) is 11.2 Å². The van der Waals surface area contributed by atoms with Gasteiger partial charge in [0.25, 0.3) is 0 Å². The minimum absolute atomic E-state index is 0.0598. The topological polar surface area (TPSA) is 79.5 Å². The van der Waals surface area contributed by atoms with Crippen LogP contribution in [-0.4, -0.2) is 36.3 Å². The fraction of sp³-hybridized carbons (Fsp3) is 0.500. The van der Waals surface area contributed by atoms with Crippen molar-refractivity contribution in [3.63, 3.8) is 0 Å². The molecule has 1 aromatic rings. The monoisotopic (exact) mass is 361 g/mol. The van der Waals surface area contributed by atoms with Crippen LogP contribution in [0, 0.1) is 0 Å². The lowest BCUT2D eigenvalue weighted by Gasteiger charge is -2.21. The number of anilines is 1. The number of amides is 3. The van der Waals surface area contributed by atoms with E-state index >= 15 is 0 Å². The van der Waals surface area contributed by atoms with Gasteiger partial charge in [-0.15, -0.1) is 0 Å². The van der Waals surface area contributed by atoms with Crippen molar-refractivity contribution in [3.8, 4) is 5.75 Å². The van der Waals surface area contributed by atoms with Gasteiger partial charge >= 0.3 is 12.2 Å². The molecule has 140 valence electrons. The second-order valence-electron chi connectivity index (χ2n) is 6.49. The summed E-state index contributed by atoms with van der Waals surface area (Å²) in [6.07, 6.45) is -4.41. The zero-order valence-corrected chi connectivity index (χ0v) is 14.5. The normalized spacial score (nSPS) is 12.9. The van der Waals surface area contributed by atoms with Crippen LogP contribution in [0.3, 0.4) is 0 Å². The van der Waals surface area contributed by atoms with Crippen LogP contribution >= 0.6 is 0 Å². The van der Waals surface area contributed by atoms with E-state index in [1.54, 1.807) is 27.7 Å². The van der Waals surface area contributed by atoms with Crippen molar-refractivity contribution in [2.24, 2.45) is 0 Å². The molecule has 0 bridgehead atoms. The van der Waals surface area contributed by atoms with Crippen molar-refractivity contribution in [3.05, 3.63) is 24.3 Å². The Bertz CT molecular complexity index is 595. The number of alkyl halides is 3. The van der Waals surface area contributed by atoms with Gasteiger partial charge in [-0.3, -0.25) is 10.1 Å². The second-order valence-corrected chi connectivity index (χ2v) is 6.49. The fourth-order valence-corrected chi connectivity index (χ4v) is 1.72. The predicted octanol–water partition coefficient (Wildman–Crippen LogP) is 3.05. The maximum atomic E-state index is 12.1. The third-order valence-electron chi connectivity index (χ3n) is 2.76. The first kappa shape index (κ1) is 20.6. The van der Waals surface area contributed by atoms with Gasteiger partial charge in [-0.05, 0) is 52.0 Å². The Morgan fingerprint density at radius 3 is 2.16 bits per heavy atom. The van der Waals surface area contributed by atoms with Gasteiger partial charge in [-0.2, -0.15) is 13.2 Å². The summed E-state index contributed by atoms with van der Waals surface area (Å²) in [5, 5.41) is 7.64. The van der Waals surface area contributed by atoms with Gasteiger partial charge in [0.15, 0.2) is 6.61 Å². The molecule has 0 unspecified atom stereocenters. The molecule has 0 aliphatic rings. The highest BCUT2D eigenvalue weighted by molar-refractivity contribution is 5.98. The maximum Gasteiger partial charge on any atom is 0.422 e. The Morgan fingerprint density at radius 1 is 1.12 bits per heavy atom. The summed E-state index contributed by atoms with van der Waals surface area (Å²) >= 11 is 0. The number of carbonyl (C=O) groups is 2. The number of imide groups is 1. The van der Waals surface area contributed by atoms with E-state index in [0.717, 1.165) is 0 Å². The van der Waals surface area contributed by atoms with Gasteiger partial charge in [0.05, 0.1) is 0 Å². The first-order chi connectivity index (χ1) is 11.4. The quantitative estimate of drug-likeness (QED) is 0.753. The first-order valence-electron chi connectivity index (χ1n) is 7.55. The zero-order valence-electron chi connectivity index (χ0n) is 14.5. The van der Waals surface area contributed by atoms with Gasteiger partial charge in [-0.1, -0.05) is 0 Å². The maximum absolute atomic E-state index is 12.1. The molecule has 3 amide bonds. The summed E-state index contributed by atoms with van der Waals surface area (Å²) in [6, 6.07) is 4.32. The molecular weight excluding hydrogens is 339 g/mol. The lowest BCUT2D eigenvalue weighted by Crippen LogP contribution is -2.51. The van der Waals surface area contributed by atoms with E-state index in [2.05, 4.69) is 20.7 Å². The zero-order chi connectivity index (χ0) is 19.3. The molecule has 1 aromatic carbocycles. The molecule has 0 fully saturated rings. The number of rotatable bonds is 5. The summed E-state index contributed by atoms with van der Waals surface area (Å²) in [5.74, 6) is -0.483. The third-order valence-corrected chi connectivity index (χ3v) is 2.76. The van der Waals surface area contributed by atoms with E-state index in [9.17, 15) is 22.8 Å². The number of halogens is 3. The Hall–Kier alpha value is -2.45. The minimum Gasteiger partial charge on any atom is -0.484 e. The van der Waals surface area contributed by atoms with Crippen molar-refractivity contribution < 1.29 is 27.5 Å². The molecular formula is C16H22F3N3O3. The number of urea groups is 1. The lowest BCUT2D eigenvalue weighted by atomic mass is 10.1. The molecule has 0 aliphatic carbocycles. The number of nitrogens with one attached hydrogen (secondary N) is 3. The summed E-state index contributed by atoms with van der Waals surface area (Å²) in [5.41, 5.74) is 0.0195. The van der Waals surface area contributed by atoms with Crippen molar-refractivity contribution in [2.75, 3.05) is 11.9 Å². The highest BCUT2D eigenvalue weighted by Crippen LogP contribution is 2.20. The van der Waals surface area contributed by atoms with E-state index in [1.165, 1.54) is 24.3 Å². The summed E-state index contributed by atoms with van der Waals surface area (Å²) in [6.45, 7) is 5.51. The van der Waals surface area contributed by atoms with Gasteiger partial charge < -0.3 is 15.4 Å². The molecule has 0 aliphatic heterocycles. The Kier molecular flexibility index (Phi) is 6.66. The van der Waals surface area contributed by atoms with Crippen LogP contribution in [0.25, 0.3) is 0 Å². The average Bonchev–Trinajstić information content (AvgIpc) is 2.43. The Morgan fingerprint density at radius 2 is 1.68 bits per heavy atom. The van der Waals surface area contributed by atoms with Crippen molar-refractivity contribution in [1.82, 2.24) is 10.6 Å². The smallest absolute Gasteiger partial charge is 0.422 e. The van der Waals surface area contributed by atoms with Gasteiger partial charge in [-0.25, -0.2) is 4.79 Å². The van der Waals surface area contributed by atoms with Crippen molar-refractivity contribution in [2.45, 2.75) is 45.5 Å². The number of carbonyl (C=O) groups excluding carboxylic acids is 2. The summed E-state index contributed by atoms with van der Waals surface area (Å²) < 4.78 is 40.8. The summed E-state index contributed by atoms with van der Waals surface area (Å²) in [7, 11) is 0. The third kappa shape index (κ3) is 8.83. The largest absolute Gasteiger partial charge is 0.484 e. The van der Waals surface area contributed by atoms with Gasteiger partial charge in [0.2, 0.25) is 5.91 Å². The predicted molar refractivity (Wildman–Crippen MR) is 87.5 cm³/mol. The van der Waals surface area contributed by atoms with E-state index in [1.807, 2.05) is 0 Å². The molecule has 1 atom stereocenters. The molecule has 0 aromatic heterocycles. The lowest BCUT2D eigenvalue weighted by molar-refractivity contribution is -0.153.